The molecule has 0 saturated heterocycles. The zero-order chi connectivity index (χ0) is 27.6. The van der Waals surface area contributed by atoms with Crippen molar-refractivity contribution in [2.75, 3.05) is 0 Å². The largest absolute Gasteiger partial charge is 0.143 e. The number of benzene rings is 4. The van der Waals surface area contributed by atoms with Gasteiger partial charge in [-0.05, 0) is 79.1 Å². The van der Waals surface area contributed by atoms with Gasteiger partial charge in [0.05, 0.1) is 0 Å². The van der Waals surface area contributed by atoms with Crippen LogP contribution < -0.4 is 0 Å². The minimum absolute atomic E-state index is 0.00334. The SMILES string of the molecule is C=C.CCc1ccc(C(C)(C)c2ccc(Cc3ccc(C)cc3S)cc2)cc1.Cc1ccc(C)c(S)c1. The molecule has 37 heavy (non-hydrogen) atoms. The highest BCUT2D eigenvalue weighted by Gasteiger charge is 2.22. The molecule has 0 unspecified atom stereocenters. The summed E-state index contributed by atoms with van der Waals surface area (Å²) < 4.78 is 0. The van der Waals surface area contributed by atoms with Gasteiger partial charge in [-0.25, -0.2) is 0 Å². The summed E-state index contributed by atoms with van der Waals surface area (Å²) in [5, 5.41) is 0. The molecule has 0 aliphatic heterocycles. The maximum absolute atomic E-state index is 4.63. The minimum Gasteiger partial charge on any atom is -0.143 e. The molecule has 194 valence electrons. The summed E-state index contributed by atoms with van der Waals surface area (Å²) >= 11 is 8.90. The van der Waals surface area contributed by atoms with Crippen LogP contribution in [-0.2, 0) is 18.3 Å². The van der Waals surface area contributed by atoms with Gasteiger partial charge in [0.1, 0.15) is 0 Å². The minimum atomic E-state index is 0.00334. The zero-order valence-corrected chi connectivity index (χ0v) is 25.1. The van der Waals surface area contributed by atoms with Crippen molar-refractivity contribution in [2.45, 2.75) is 69.6 Å². The molecule has 0 atom stereocenters. The lowest BCUT2D eigenvalue weighted by atomic mass is 9.77. The van der Waals surface area contributed by atoms with Crippen molar-refractivity contribution in [3.05, 3.63) is 143 Å². The normalized spacial score (nSPS) is 10.6. The molecule has 0 heterocycles. The Morgan fingerprint density at radius 3 is 1.51 bits per heavy atom. The Hall–Kier alpha value is -2.68. The van der Waals surface area contributed by atoms with Crippen LogP contribution in [0.2, 0.25) is 0 Å². The van der Waals surface area contributed by atoms with Crippen LogP contribution in [0.1, 0.15) is 65.3 Å². The van der Waals surface area contributed by atoms with E-state index in [-0.39, 0.29) is 5.41 Å². The standard InChI is InChI=1S/C25H28S.C8H10S.C2H4/c1-5-19-7-12-22(13-8-19)25(3,4)23-14-9-20(10-15-23)17-21-11-6-18(2)16-24(21)26;1-6-3-4-7(2)8(9)5-6;1-2/h6-16,26H,5,17H2,1-4H3;3-5,9H,1-2H3;1-2H2. The molecule has 4 rings (SSSR count). The van der Waals surface area contributed by atoms with Gasteiger partial charge in [0.25, 0.3) is 0 Å². The fourth-order valence-electron chi connectivity index (χ4n) is 4.13. The molecule has 0 radical (unpaired) electrons. The van der Waals surface area contributed by atoms with E-state index in [1.807, 2.05) is 0 Å². The molecule has 4 aromatic rings. The molecule has 0 amide bonds. The van der Waals surface area contributed by atoms with Crippen molar-refractivity contribution < 1.29 is 0 Å². The fraction of sp³-hybridized carbons (Fsp3) is 0.257. The first-order valence-corrected chi connectivity index (χ1v) is 13.7. The molecule has 0 bridgehead atoms. The van der Waals surface area contributed by atoms with Crippen molar-refractivity contribution in [1.82, 2.24) is 0 Å². The van der Waals surface area contributed by atoms with E-state index < -0.39 is 0 Å². The molecule has 4 aromatic carbocycles. The van der Waals surface area contributed by atoms with Crippen LogP contribution >= 0.6 is 25.3 Å². The van der Waals surface area contributed by atoms with Crippen LogP contribution in [0, 0.1) is 20.8 Å². The molecule has 0 nitrogen and oxygen atoms in total. The number of hydrogen-bond donors (Lipinski definition) is 2. The Labute approximate surface area is 236 Å². The van der Waals surface area contributed by atoms with Crippen molar-refractivity contribution in [2.24, 2.45) is 0 Å². The Kier molecular flexibility index (Phi) is 11.8. The smallest absolute Gasteiger partial charge is 0.0146 e. The van der Waals surface area contributed by atoms with E-state index in [2.05, 4.69) is 165 Å². The molecule has 0 saturated carbocycles. The second-order valence-electron chi connectivity index (χ2n) is 9.97. The second kappa shape index (κ2) is 14.3. The van der Waals surface area contributed by atoms with Crippen LogP contribution in [0.3, 0.4) is 0 Å². The molecule has 0 N–H and O–H groups in total. The molecular weight excluding hydrogens is 485 g/mol. The molecule has 2 heteroatoms. The van der Waals surface area contributed by atoms with Crippen molar-refractivity contribution >= 4 is 25.3 Å². The van der Waals surface area contributed by atoms with E-state index in [4.69, 9.17) is 0 Å². The number of aryl methyl sites for hydroxylation is 4. The summed E-state index contributed by atoms with van der Waals surface area (Å²) in [5.74, 6) is 0. The average molecular weight is 527 g/mol. The van der Waals surface area contributed by atoms with Gasteiger partial charge in [0.2, 0.25) is 0 Å². The monoisotopic (exact) mass is 526 g/mol. The molecule has 0 aromatic heterocycles. The second-order valence-corrected chi connectivity index (χ2v) is 10.9. The van der Waals surface area contributed by atoms with Gasteiger partial charge in [0.15, 0.2) is 0 Å². The van der Waals surface area contributed by atoms with E-state index in [0.29, 0.717) is 0 Å². The van der Waals surface area contributed by atoms with Crippen LogP contribution in [0.4, 0.5) is 0 Å². The van der Waals surface area contributed by atoms with Gasteiger partial charge in [-0.2, -0.15) is 0 Å². The Bertz CT molecular complexity index is 1270. The van der Waals surface area contributed by atoms with E-state index >= 15 is 0 Å². The third-order valence-electron chi connectivity index (χ3n) is 6.76. The summed E-state index contributed by atoms with van der Waals surface area (Å²) in [5.41, 5.74) is 10.5. The molecule has 0 spiro atoms. The third kappa shape index (κ3) is 8.69. The lowest BCUT2D eigenvalue weighted by Gasteiger charge is -2.26. The van der Waals surface area contributed by atoms with Gasteiger partial charge < -0.3 is 0 Å². The quantitative estimate of drug-likeness (QED) is 0.187. The van der Waals surface area contributed by atoms with Gasteiger partial charge in [-0.15, -0.1) is 38.4 Å². The van der Waals surface area contributed by atoms with Gasteiger partial charge in [0, 0.05) is 15.2 Å². The number of hydrogen-bond acceptors (Lipinski definition) is 2. The van der Waals surface area contributed by atoms with Crippen LogP contribution in [-0.4, -0.2) is 0 Å². The Morgan fingerprint density at radius 1 is 0.622 bits per heavy atom. The lowest BCUT2D eigenvalue weighted by Crippen LogP contribution is -2.18. The van der Waals surface area contributed by atoms with Crippen LogP contribution in [0.25, 0.3) is 0 Å². The third-order valence-corrected chi connectivity index (χ3v) is 7.66. The highest BCUT2D eigenvalue weighted by Crippen LogP contribution is 2.32. The van der Waals surface area contributed by atoms with E-state index in [9.17, 15) is 0 Å². The van der Waals surface area contributed by atoms with Crippen molar-refractivity contribution in [1.29, 1.82) is 0 Å². The summed E-state index contributed by atoms with van der Waals surface area (Å²) in [6, 6.07) is 30.8. The summed E-state index contributed by atoms with van der Waals surface area (Å²) in [7, 11) is 0. The van der Waals surface area contributed by atoms with Crippen LogP contribution in [0.15, 0.2) is 108 Å². The lowest BCUT2D eigenvalue weighted by molar-refractivity contribution is 0.640. The zero-order valence-electron chi connectivity index (χ0n) is 23.3. The first-order chi connectivity index (χ1) is 17.6. The van der Waals surface area contributed by atoms with Crippen LogP contribution in [0.5, 0.6) is 0 Å². The van der Waals surface area contributed by atoms with Crippen molar-refractivity contribution in [3.8, 4) is 0 Å². The number of rotatable bonds is 5. The van der Waals surface area contributed by atoms with Gasteiger partial charge in [-0.3, -0.25) is 0 Å². The van der Waals surface area contributed by atoms with Crippen molar-refractivity contribution in [3.63, 3.8) is 0 Å². The maximum atomic E-state index is 4.63. The summed E-state index contributed by atoms with van der Waals surface area (Å²) in [6.45, 7) is 19.0. The predicted molar refractivity (Wildman–Crippen MR) is 170 cm³/mol. The molecule has 0 aliphatic rings. The Balaban J connectivity index is 0.000000367. The van der Waals surface area contributed by atoms with E-state index in [1.165, 1.54) is 44.5 Å². The van der Waals surface area contributed by atoms with Gasteiger partial charge >= 0.3 is 0 Å². The first kappa shape index (κ1) is 30.5. The average Bonchev–Trinajstić information content (AvgIpc) is 2.90. The Morgan fingerprint density at radius 2 is 1.08 bits per heavy atom. The predicted octanol–water partition coefficient (Wildman–Crippen LogP) is 10.2. The number of thiol groups is 2. The molecular formula is C35H42S2. The van der Waals surface area contributed by atoms with E-state index in [0.717, 1.165) is 22.6 Å². The van der Waals surface area contributed by atoms with E-state index in [1.54, 1.807) is 0 Å². The maximum Gasteiger partial charge on any atom is 0.0146 e. The highest BCUT2D eigenvalue weighted by molar-refractivity contribution is 7.80. The highest BCUT2D eigenvalue weighted by atomic mass is 32.1. The fourth-order valence-corrected chi connectivity index (χ4v) is 4.76. The molecule has 0 aliphatic carbocycles. The molecule has 0 fully saturated rings. The summed E-state index contributed by atoms with van der Waals surface area (Å²) in [6.07, 6.45) is 2.01. The summed E-state index contributed by atoms with van der Waals surface area (Å²) in [4.78, 5) is 2.15. The first-order valence-electron chi connectivity index (χ1n) is 12.8. The van der Waals surface area contributed by atoms with Gasteiger partial charge in [-0.1, -0.05) is 105 Å². The topological polar surface area (TPSA) is 0 Å².